The highest BCUT2D eigenvalue weighted by atomic mass is 35.5. The molecule has 1 aliphatic heterocycles. The van der Waals surface area contributed by atoms with Gasteiger partial charge in [0, 0.05) is 23.8 Å². The van der Waals surface area contributed by atoms with Crippen molar-refractivity contribution in [3.8, 4) is 0 Å². The van der Waals surface area contributed by atoms with Crippen LogP contribution in [0.4, 0.5) is 5.82 Å². The van der Waals surface area contributed by atoms with Gasteiger partial charge in [-0.1, -0.05) is 17.7 Å². The maximum absolute atomic E-state index is 13.6. The number of rotatable bonds is 8. The Bertz CT molecular complexity index is 1410. The molecule has 2 aliphatic rings. The Balaban J connectivity index is 1.33. The van der Waals surface area contributed by atoms with E-state index >= 15 is 0 Å². The van der Waals surface area contributed by atoms with Crippen molar-refractivity contribution in [2.45, 2.75) is 37.8 Å². The number of benzene rings is 1. The minimum Gasteiger partial charge on any atom is -0.367 e. The molecule has 0 amide bonds. The summed E-state index contributed by atoms with van der Waals surface area (Å²) in [6.45, 7) is 0.970. The number of nitrogens with one attached hydrogen (secondary N) is 1. The number of nitrogens with zero attached hydrogens (tertiary/aromatic N) is 3. The van der Waals surface area contributed by atoms with Gasteiger partial charge < -0.3 is 5.32 Å². The van der Waals surface area contributed by atoms with E-state index in [2.05, 4.69) is 33.3 Å². The number of ketones is 1. The van der Waals surface area contributed by atoms with Crippen LogP contribution in [-0.2, 0) is 20.9 Å². The summed E-state index contributed by atoms with van der Waals surface area (Å²) in [7, 11) is -1.87. The van der Waals surface area contributed by atoms with Gasteiger partial charge in [-0.05, 0) is 78.9 Å². The molecule has 3 heterocycles. The van der Waals surface area contributed by atoms with Crippen LogP contribution >= 0.6 is 22.9 Å². The molecule has 196 valence electrons. The number of thiophene rings is 1. The van der Waals surface area contributed by atoms with Crippen molar-refractivity contribution in [2.75, 3.05) is 25.5 Å². The van der Waals surface area contributed by atoms with E-state index in [1.807, 2.05) is 23.6 Å². The lowest BCUT2D eigenvalue weighted by Gasteiger charge is -2.34. The molecule has 3 atom stereocenters. The molecule has 2 aromatic heterocycles. The molecule has 1 fully saturated rings. The molecular formula is C25H28ClN5O4S2. The first kappa shape index (κ1) is 26.2. The maximum atomic E-state index is 13.6. The molecule has 2 unspecified atom stereocenters. The quantitative estimate of drug-likeness (QED) is 0.397. The first-order chi connectivity index (χ1) is 17.7. The van der Waals surface area contributed by atoms with E-state index in [0.29, 0.717) is 27.7 Å². The number of anilines is 1. The van der Waals surface area contributed by atoms with E-state index in [1.54, 1.807) is 0 Å². The van der Waals surface area contributed by atoms with Crippen molar-refractivity contribution < 1.29 is 17.4 Å². The molecule has 3 N–H and O–H groups in total. The number of hydrogen-bond acceptors (Lipinski definition) is 9. The summed E-state index contributed by atoms with van der Waals surface area (Å²) in [6.07, 6.45) is 6.18. The fourth-order valence-electron chi connectivity index (χ4n) is 5.24. The number of carbonyl (C=O) groups excluding carboxylic acids is 1. The number of nitrogens with two attached hydrogens (primary N) is 1. The second kappa shape index (κ2) is 10.8. The van der Waals surface area contributed by atoms with Crippen LogP contribution in [0.5, 0.6) is 0 Å². The molecule has 0 spiro atoms. The fourth-order valence-corrected chi connectivity index (χ4v) is 6.69. The van der Waals surface area contributed by atoms with Crippen molar-refractivity contribution in [1.29, 1.82) is 0 Å². The Labute approximate surface area is 225 Å². The van der Waals surface area contributed by atoms with E-state index in [1.165, 1.54) is 35.0 Å². The zero-order chi connectivity index (χ0) is 26.2. The maximum Gasteiger partial charge on any atom is 0.333 e. The molecule has 37 heavy (non-hydrogen) atoms. The van der Waals surface area contributed by atoms with Crippen LogP contribution in [0.1, 0.15) is 57.2 Å². The predicted octanol–water partition coefficient (Wildman–Crippen LogP) is 3.80. The summed E-state index contributed by atoms with van der Waals surface area (Å²) in [5.41, 5.74) is 3.91. The standard InChI is InChI=1S/C25H28ClN5O4S2/c1-31-7-6-16-3-4-18(26)10-20(16)23(31)17-9-22(36-13-17)24(32)21-11-28-14-29-25(21)30-19-5-2-15(8-19)12-35-37(27,33)34/h3-4,9-11,13-15,19,23H,2,5-8,12H2,1H3,(H2,27,33,34)(H,28,29,30)/t15?,19-,23?/m0/s1. The second-order valence-electron chi connectivity index (χ2n) is 9.63. The average molecular weight is 562 g/mol. The Kier molecular flexibility index (Phi) is 7.62. The van der Waals surface area contributed by atoms with E-state index in [9.17, 15) is 13.2 Å². The highest BCUT2D eigenvalue weighted by Crippen LogP contribution is 2.38. The second-order valence-corrected chi connectivity index (χ2v) is 12.2. The summed E-state index contributed by atoms with van der Waals surface area (Å²) in [5.74, 6) is 0.386. The summed E-state index contributed by atoms with van der Waals surface area (Å²) in [5, 5.41) is 11.0. The molecule has 12 heteroatoms. The van der Waals surface area contributed by atoms with Gasteiger partial charge in [0.05, 0.1) is 23.1 Å². The van der Waals surface area contributed by atoms with Crippen LogP contribution in [0.25, 0.3) is 0 Å². The molecule has 3 aromatic rings. The molecule has 9 nitrogen and oxygen atoms in total. The first-order valence-electron chi connectivity index (χ1n) is 12.0. The van der Waals surface area contributed by atoms with Crippen LogP contribution < -0.4 is 10.5 Å². The minimum absolute atomic E-state index is 0.0276. The number of aromatic nitrogens is 2. The van der Waals surface area contributed by atoms with Crippen molar-refractivity contribution in [3.05, 3.63) is 74.3 Å². The Morgan fingerprint density at radius 3 is 2.97 bits per heavy atom. The van der Waals surface area contributed by atoms with Gasteiger partial charge in [-0.25, -0.2) is 15.1 Å². The normalized spacial score (nSPS) is 22.1. The molecule has 1 aromatic carbocycles. The SMILES string of the molecule is CN1CCc2ccc(Cl)cc2C1c1csc(C(=O)c2cncnc2N[C@H]2CCC(COS(N)(=O)=O)C2)c1. The summed E-state index contributed by atoms with van der Waals surface area (Å²) in [4.78, 5) is 24.9. The topological polar surface area (TPSA) is 128 Å². The van der Waals surface area contributed by atoms with Gasteiger partial charge in [0.15, 0.2) is 0 Å². The minimum atomic E-state index is -3.96. The zero-order valence-corrected chi connectivity index (χ0v) is 22.7. The van der Waals surface area contributed by atoms with Crippen molar-refractivity contribution in [3.63, 3.8) is 0 Å². The van der Waals surface area contributed by atoms with E-state index in [0.717, 1.165) is 31.4 Å². The number of fused-ring (bicyclic) bond motifs is 1. The van der Waals surface area contributed by atoms with Crippen LogP contribution in [0.2, 0.25) is 5.02 Å². The molecular weight excluding hydrogens is 534 g/mol. The van der Waals surface area contributed by atoms with Gasteiger partial charge in [-0.2, -0.15) is 8.42 Å². The lowest BCUT2D eigenvalue weighted by atomic mass is 9.89. The monoisotopic (exact) mass is 561 g/mol. The Hall–Kier alpha value is -2.41. The van der Waals surface area contributed by atoms with E-state index in [4.69, 9.17) is 20.9 Å². The summed E-state index contributed by atoms with van der Waals surface area (Å²) < 4.78 is 26.9. The number of halogens is 1. The average Bonchev–Trinajstić information content (AvgIpc) is 3.52. The number of likely N-dealkylation sites (N-methyl/N-ethyl adjacent to an activating group) is 1. The van der Waals surface area contributed by atoms with Crippen molar-refractivity contribution >= 4 is 44.8 Å². The first-order valence-corrected chi connectivity index (χ1v) is 14.8. The van der Waals surface area contributed by atoms with Gasteiger partial charge in [-0.15, -0.1) is 11.3 Å². The largest absolute Gasteiger partial charge is 0.367 e. The van der Waals surface area contributed by atoms with Gasteiger partial charge in [0.25, 0.3) is 0 Å². The summed E-state index contributed by atoms with van der Waals surface area (Å²) >= 11 is 7.73. The third-order valence-electron chi connectivity index (χ3n) is 7.04. The zero-order valence-electron chi connectivity index (χ0n) is 20.3. The molecule has 0 radical (unpaired) electrons. The molecule has 1 saturated carbocycles. The van der Waals surface area contributed by atoms with Crippen molar-refractivity contribution in [2.24, 2.45) is 11.1 Å². The van der Waals surface area contributed by atoms with E-state index < -0.39 is 10.3 Å². The predicted molar refractivity (Wildman–Crippen MR) is 143 cm³/mol. The van der Waals surface area contributed by atoms with Crippen LogP contribution in [0.3, 0.4) is 0 Å². The Morgan fingerprint density at radius 2 is 2.16 bits per heavy atom. The Morgan fingerprint density at radius 1 is 1.32 bits per heavy atom. The molecule has 0 bridgehead atoms. The van der Waals surface area contributed by atoms with Gasteiger partial charge in [-0.3, -0.25) is 13.9 Å². The third-order valence-corrected chi connectivity index (χ3v) is 8.69. The molecule has 0 saturated heterocycles. The fraction of sp³-hybridized carbons (Fsp3) is 0.400. The highest BCUT2D eigenvalue weighted by molar-refractivity contribution is 7.84. The van der Waals surface area contributed by atoms with Crippen LogP contribution in [-0.4, -0.2) is 55.3 Å². The van der Waals surface area contributed by atoms with Crippen molar-refractivity contribution in [1.82, 2.24) is 14.9 Å². The highest BCUT2D eigenvalue weighted by Gasteiger charge is 2.30. The smallest absolute Gasteiger partial charge is 0.333 e. The van der Waals surface area contributed by atoms with Crippen LogP contribution in [0.15, 0.2) is 42.2 Å². The third kappa shape index (κ3) is 6.02. The van der Waals surface area contributed by atoms with Crippen LogP contribution in [0, 0.1) is 5.92 Å². The lowest BCUT2D eigenvalue weighted by Crippen LogP contribution is -2.32. The lowest BCUT2D eigenvalue weighted by molar-refractivity contribution is 0.104. The molecule has 5 rings (SSSR count). The van der Waals surface area contributed by atoms with Gasteiger partial charge in [0.1, 0.15) is 12.1 Å². The van der Waals surface area contributed by atoms with E-state index in [-0.39, 0.29) is 30.4 Å². The summed E-state index contributed by atoms with van der Waals surface area (Å²) in [6, 6.07) is 8.05. The van der Waals surface area contributed by atoms with Gasteiger partial charge >= 0.3 is 10.3 Å². The molecule has 1 aliphatic carbocycles. The number of carbonyl (C=O) groups is 1. The van der Waals surface area contributed by atoms with Gasteiger partial charge in [0.2, 0.25) is 5.78 Å². The number of hydrogen-bond donors (Lipinski definition) is 2.